The van der Waals surface area contributed by atoms with Crippen molar-refractivity contribution in [2.45, 2.75) is 6.61 Å². The number of benzene rings is 2. The van der Waals surface area contributed by atoms with Crippen LogP contribution in [0.1, 0.15) is 20.8 Å². The molecule has 0 fully saturated rings. The zero-order valence-corrected chi connectivity index (χ0v) is 15.3. The average molecular weight is 384 g/mol. The second kappa shape index (κ2) is 8.95. The molecule has 0 spiro atoms. The van der Waals surface area contributed by atoms with Crippen molar-refractivity contribution < 1.29 is 18.7 Å². The topological polar surface area (TPSA) is 59.9 Å². The van der Waals surface area contributed by atoms with E-state index >= 15 is 0 Å². The van der Waals surface area contributed by atoms with Gasteiger partial charge < -0.3 is 9.47 Å². The van der Waals surface area contributed by atoms with E-state index in [4.69, 9.17) is 9.47 Å². The van der Waals surface area contributed by atoms with E-state index in [2.05, 4.69) is 10.5 Å². The smallest absolute Gasteiger partial charge is 0.271 e. The number of amides is 1. The molecule has 0 aliphatic carbocycles. The summed E-state index contributed by atoms with van der Waals surface area (Å²) < 4.78 is 24.0. The predicted molar refractivity (Wildman–Crippen MR) is 103 cm³/mol. The Morgan fingerprint density at radius 3 is 2.70 bits per heavy atom. The third kappa shape index (κ3) is 5.15. The van der Waals surface area contributed by atoms with Crippen molar-refractivity contribution in [2.75, 3.05) is 7.11 Å². The molecule has 1 amide bonds. The molecular weight excluding hydrogens is 367 g/mol. The van der Waals surface area contributed by atoms with Crippen LogP contribution in [0.2, 0.25) is 0 Å². The summed E-state index contributed by atoms with van der Waals surface area (Å²) in [7, 11) is 1.56. The summed E-state index contributed by atoms with van der Waals surface area (Å²) in [6, 6.07) is 14.6. The first-order valence-corrected chi connectivity index (χ1v) is 8.96. The lowest BCUT2D eigenvalue weighted by atomic mass is 10.2. The summed E-state index contributed by atoms with van der Waals surface area (Å²) in [6.07, 6.45) is 1.49. The van der Waals surface area contributed by atoms with Crippen LogP contribution in [-0.4, -0.2) is 19.2 Å². The Morgan fingerprint density at radius 1 is 1.19 bits per heavy atom. The first-order chi connectivity index (χ1) is 13.2. The maximum atomic E-state index is 12.9. The molecule has 0 aliphatic heterocycles. The number of thiophene rings is 1. The van der Waals surface area contributed by atoms with Gasteiger partial charge in [-0.15, -0.1) is 11.3 Å². The lowest BCUT2D eigenvalue weighted by molar-refractivity contribution is 0.0955. The van der Waals surface area contributed by atoms with Crippen LogP contribution >= 0.6 is 11.3 Å². The first kappa shape index (κ1) is 18.6. The van der Waals surface area contributed by atoms with Gasteiger partial charge >= 0.3 is 0 Å². The molecule has 3 rings (SSSR count). The minimum atomic E-state index is -0.422. The Labute approximate surface area is 160 Å². The Balaban J connectivity index is 1.61. The Kier molecular flexibility index (Phi) is 6.17. The van der Waals surface area contributed by atoms with Gasteiger partial charge in [-0.25, -0.2) is 9.82 Å². The number of nitrogens with zero attached hydrogens (tertiary/aromatic N) is 1. The third-order valence-electron chi connectivity index (χ3n) is 3.62. The van der Waals surface area contributed by atoms with Crippen molar-refractivity contribution in [2.24, 2.45) is 5.10 Å². The van der Waals surface area contributed by atoms with E-state index in [1.54, 1.807) is 36.6 Å². The van der Waals surface area contributed by atoms with Gasteiger partial charge in [-0.3, -0.25) is 4.79 Å². The highest BCUT2D eigenvalue weighted by Gasteiger charge is 2.07. The van der Waals surface area contributed by atoms with E-state index in [-0.39, 0.29) is 0 Å². The molecule has 0 atom stereocenters. The molecule has 1 N–H and O–H groups in total. The van der Waals surface area contributed by atoms with Gasteiger partial charge in [-0.2, -0.15) is 5.10 Å². The van der Waals surface area contributed by atoms with Crippen LogP contribution in [-0.2, 0) is 6.61 Å². The molecule has 3 aromatic rings. The molecule has 0 radical (unpaired) electrons. The van der Waals surface area contributed by atoms with Crippen LogP contribution in [0.5, 0.6) is 11.5 Å². The molecule has 5 nitrogen and oxygen atoms in total. The molecule has 27 heavy (non-hydrogen) atoms. The molecule has 0 unspecified atom stereocenters. The molecule has 0 saturated carbocycles. The average Bonchev–Trinajstić information content (AvgIpc) is 3.21. The fourth-order valence-corrected chi connectivity index (χ4v) is 2.87. The minimum Gasteiger partial charge on any atom is -0.493 e. The van der Waals surface area contributed by atoms with E-state index in [9.17, 15) is 9.18 Å². The van der Waals surface area contributed by atoms with Crippen molar-refractivity contribution in [1.82, 2.24) is 5.43 Å². The van der Waals surface area contributed by atoms with Crippen LogP contribution in [0.4, 0.5) is 4.39 Å². The highest BCUT2D eigenvalue weighted by molar-refractivity contribution is 7.09. The van der Waals surface area contributed by atoms with Crippen LogP contribution in [0, 0.1) is 5.82 Å². The number of hydrazone groups is 1. The molecule has 0 saturated heterocycles. The number of ether oxygens (including phenoxy) is 2. The van der Waals surface area contributed by atoms with Gasteiger partial charge in [0.05, 0.1) is 13.3 Å². The Hall–Kier alpha value is -3.19. The summed E-state index contributed by atoms with van der Waals surface area (Å²) in [5.74, 6) is 0.372. The Morgan fingerprint density at radius 2 is 2.00 bits per heavy atom. The summed E-state index contributed by atoms with van der Waals surface area (Å²) in [6.45, 7) is 0.467. The molecule has 2 aromatic carbocycles. The summed E-state index contributed by atoms with van der Waals surface area (Å²) in [5.41, 5.74) is 3.45. The summed E-state index contributed by atoms with van der Waals surface area (Å²) >= 11 is 1.62. The van der Waals surface area contributed by atoms with Gasteiger partial charge in [0.2, 0.25) is 0 Å². The molecule has 1 heterocycles. The highest BCUT2D eigenvalue weighted by atomic mass is 32.1. The van der Waals surface area contributed by atoms with Crippen molar-refractivity contribution in [1.29, 1.82) is 0 Å². The fraction of sp³-hybridized carbons (Fsp3) is 0.100. The van der Waals surface area contributed by atoms with E-state index in [0.29, 0.717) is 23.7 Å². The maximum Gasteiger partial charge on any atom is 0.271 e. The number of carbonyl (C=O) groups excluding carboxylic acids is 1. The Bertz CT molecular complexity index is 925. The lowest BCUT2D eigenvalue weighted by Gasteiger charge is -2.10. The summed E-state index contributed by atoms with van der Waals surface area (Å²) in [5, 5.41) is 5.91. The van der Waals surface area contributed by atoms with Gasteiger partial charge in [-0.1, -0.05) is 6.07 Å². The first-order valence-electron chi connectivity index (χ1n) is 8.08. The van der Waals surface area contributed by atoms with Crippen LogP contribution in [0.3, 0.4) is 0 Å². The SMILES string of the molecule is COc1cc(/C=N\NC(=O)c2ccc(F)cc2)ccc1OCc1cccs1. The standard InChI is InChI=1S/C20H17FN2O3S/c1-25-19-11-14(4-9-18(19)26-13-17-3-2-10-27-17)12-22-23-20(24)15-5-7-16(21)8-6-15/h2-12H,13H2,1H3,(H,23,24)/b22-12-. The van der Waals surface area contributed by atoms with E-state index in [1.165, 1.54) is 30.5 Å². The number of carbonyl (C=O) groups is 1. The molecule has 7 heteroatoms. The fourth-order valence-electron chi connectivity index (χ4n) is 2.26. The van der Waals surface area contributed by atoms with Crippen LogP contribution < -0.4 is 14.9 Å². The highest BCUT2D eigenvalue weighted by Crippen LogP contribution is 2.28. The van der Waals surface area contributed by atoms with Crippen molar-refractivity contribution >= 4 is 23.5 Å². The monoisotopic (exact) mass is 384 g/mol. The van der Waals surface area contributed by atoms with Crippen LogP contribution in [0.15, 0.2) is 65.1 Å². The molecule has 1 aromatic heterocycles. The molecule has 138 valence electrons. The quantitative estimate of drug-likeness (QED) is 0.490. The second-order valence-electron chi connectivity index (χ2n) is 5.48. The normalized spacial score (nSPS) is 10.7. The number of rotatable bonds is 7. The molecular formula is C20H17FN2O3S. The van der Waals surface area contributed by atoms with Gasteiger partial charge in [-0.05, 0) is 59.5 Å². The van der Waals surface area contributed by atoms with Gasteiger partial charge in [0, 0.05) is 10.4 Å². The predicted octanol–water partition coefficient (Wildman–Crippen LogP) is 4.24. The largest absolute Gasteiger partial charge is 0.493 e. The minimum absolute atomic E-state index is 0.323. The number of hydrogen-bond acceptors (Lipinski definition) is 5. The maximum absolute atomic E-state index is 12.9. The zero-order valence-electron chi connectivity index (χ0n) is 14.5. The van der Waals surface area contributed by atoms with E-state index in [1.807, 2.05) is 17.5 Å². The van der Waals surface area contributed by atoms with Gasteiger partial charge in [0.1, 0.15) is 12.4 Å². The summed E-state index contributed by atoms with van der Waals surface area (Å²) in [4.78, 5) is 13.0. The van der Waals surface area contributed by atoms with Crippen molar-refractivity contribution in [3.63, 3.8) is 0 Å². The van der Waals surface area contributed by atoms with Crippen molar-refractivity contribution in [3.05, 3.63) is 81.8 Å². The van der Waals surface area contributed by atoms with Gasteiger partial charge in [0.25, 0.3) is 5.91 Å². The number of hydrogen-bond donors (Lipinski definition) is 1. The van der Waals surface area contributed by atoms with E-state index < -0.39 is 11.7 Å². The van der Waals surface area contributed by atoms with Crippen molar-refractivity contribution in [3.8, 4) is 11.5 Å². The van der Waals surface area contributed by atoms with E-state index in [0.717, 1.165) is 10.4 Å². The second-order valence-corrected chi connectivity index (χ2v) is 6.52. The number of nitrogens with one attached hydrogen (secondary N) is 1. The number of halogens is 1. The number of methoxy groups -OCH3 is 1. The lowest BCUT2D eigenvalue weighted by Crippen LogP contribution is -2.17. The molecule has 0 aliphatic rings. The molecule has 0 bridgehead atoms. The zero-order chi connectivity index (χ0) is 19.1. The van der Waals surface area contributed by atoms with Crippen LogP contribution in [0.25, 0.3) is 0 Å². The van der Waals surface area contributed by atoms with Gasteiger partial charge in [0.15, 0.2) is 11.5 Å². The third-order valence-corrected chi connectivity index (χ3v) is 4.47.